The summed E-state index contributed by atoms with van der Waals surface area (Å²) < 4.78 is 37.0. The first-order valence-electron chi connectivity index (χ1n) is 6.49. The van der Waals surface area contributed by atoms with Crippen molar-refractivity contribution in [3.63, 3.8) is 0 Å². The van der Waals surface area contributed by atoms with Crippen molar-refractivity contribution in [2.24, 2.45) is 5.92 Å². The van der Waals surface area contributed by atoms with Gasteiger partial charge in [0.2, 0.25) is 5.91 Å². The number of carbonyl (C=O) groups excluding carboxylic acids is 1. The van der Waals surface area contributed by atoms with Gasteiger partial charge in [0.15, 0.2) is 0 Å². The Morgan fingerprint density at radius 3 is 2.42 bits per heavy atom. The van der Waals surface area contributed by atoms with Crippen LogP contribution in [0.4, 0.5) is 13.2 Å². The first-order valence-corrected chi connectivity index (χ1v) is 6.49. The summed E-state index contributed by atoms with van der Waals surface area (Å²) in [6.07, 6.45) is -2.57. The summed E-state index contributed by atoms with van der Waals surface area (Å²) in [4.78, 5) is 14.5. The quantitative estimate of drug-likeness (QED) is 0.821. The largest absolute Gasteiger partial charge is 0.401 e. The molecule has 0 unspecified atom stereocenters. The van der Waals surface area contributed by atoms with Crippen LogP contribution in [0, 0.1) is 5.92 Å². The molecule has 19 heavy (non-hydrogen) atoms. The molecule has 0 saturated carbocycles. The third kappa shape index (κ3) is 6.24. The summed E-state index contributed by atoms with van der Waals surface area (Å²) in [6.45, 7) is 1.34. The van der Waals surface area contributed by atoms with Gasteiger partial charge in [-0.1, -0.05) is 6.92 Å². The number of alkyl halides is 3. The molecule has 1 N–H and O–H groups in total. The van der Waals surface area contributed by atoms with E-state index in [1.54, 1.807) is 4.90 Å². The first kappa shape index (κ1) is 16.2. The lowest BCUT2D eigenvalue weighted by atomic mass is 9.99. The van der Waals surface area contributed by atoms with Crippen LogP contribution >= 0.6 is 0 Å². The first-order chi connectivity index (χ1) is 8.81. The van der Waals surface area contributed by atoms with Gasteiger partial charge in [0.05, 0.1) is 19.7 Å². The highest BCUT2D eigenvalue weighted by Gasteiger charge is 2.32. The second-order valence-electron chi connectivity index (χ2n) is 5.11. The maximum atomic E-state index is 12.3. The molecule has 1 amide bonds. The molecular formula is C12H21F3N2O2. The van der Waals surface area contributed by atoms with Gasteiger partial charge >= 0.3 is 6.18 Å². The number of piperidine rings is 1. The molecule has 1 aliphatic heterocycles. The van der Waals surface area contributed by atoms with Crippen molar-refractivity contribution in [1.29, 1.82) is 0 Å². The maximum Gasteiger partial charge on any atom is 0.401 e. The van der Waals surface area contributed by atoms with Crippen LogP contribution in [0.2, 0.25) is 0 Å². The zero-order valence-corrected chi connectivity index (χ0v) is 11.1. The van der Waals surface area contributed by atoms with E-state index in [4.69, 9.17) is 5.11 Å². The topological polar surface area (TPSA) is 43.8 Å². The monoisotopic (exact) mass is 282 g/mol. The molecule has 0 aliphatic carbocycles. The number of amides is 1. The van der Waals surface area contributed by atoms with Crippen LogP contribution < -0.4 is 0 Å². The number of hydrogen-bond donors (Lipinski definition) is 1. The Bertz CT molecular complexity index is 289. The Morgan fingerprint density at radius 1 is 1.37 bits per heavy atom. The summed E-state index contributed by atoms with van der Waals surface area (Å²) in [6, 6.07) is 0. The highest BCUT2D eigenvalue weighted by atomic mass is 19.4. The smallest absolute Gasteiger partial charge is 0.395 e. The number of aliphatic hydroxyl groups is 1. The van der Waals surface area contributed by atoms with E-state index in [1.165, 1.54) is 0 Å². The standard InChI is InChI=1S/C12H21F3N2O2/c1-10-2-4-17(5-3-10)11(19)8-16(6-7-18)9-12(13,14)15/h10,18H,2-9H2,1H3. The second-order valence-corrected chi connectivity index (χ2v) is 5.11. The lowest BCUT2D eigenvalue weighted by molar-refractivity contribution is -0.152. The van der Waals surface area contributed by atoms with Crippen molar-refractivity contribution in [2.45, 2.75) is 25.9 Å². The molecule has 7 heteroatoms. The molecule has 0 bridgehead atoms. The number of aliphatic hydroxyl groups excluding tert-OH is 1. The Hall–Kier alpha value is -0.820. The zero-order chi connectivity index (χ0) is 14.5. The van der Waals surface area contributed by atoms with Crippen molar-refractivity contribution >= 4 is 5.91 Å². The highest BCUT2D eigenvalue weighted by Crippen LogP contribution is 2.18. The molecule has 1 heterocycles. The third-order valence-corrected chi connectivity index (χ3v) is 3.31. The minimum absolute atomic E-state index is 0.143. The Kier molecular flexibility index (Phi) is 6.06. The van der Waals surface area contributed by atoms with Crippen molar-refractivity contribution in [3.8, 4) is 0 Å². The van der Waals surface area contributed by atoms with E-state index in [9.17, 15) is 18.0 Å². The number of carbonyl (C=O) groups is 1. The molecule has 1 rings (SSSR count). The SMILES string of the molecule is CC1CCN(C(=O)CN(CCO)CC(F)(F)F)CC1. The summed E-state index contributed by atoms with van der Waals surface area (Å²) >= 11 is 0. The molecule has 112 valence electrons. The van der Waals surface area contributed by atoms with Crippen LogP contribution in [-0.4, -0.2) is 66.3 Å². The molecule has 1 aliphatic rings. The van der Waals surface area contributed by atoms with Crippen molar-refractivity contribution in [3.05, 3.63) is 0 Å². The van der Waals surface area contributed by atoms with Crippen LogP contribution in [0.15, 0.2) is 0 Å². The predicted molar refractivity (Wildman–Crippen MR) is 64.6 cm³/mol. The number of nitrogens with zero attached hydrogens (tertiary/aromatic N) is 2. The highest BCUT2D eigenvalue weighted by molar-refractivity contribution is 5.78. The van der Waals surface area contributed by atoms with Gasteiger partial charge in [0.25, 0.3) is 0 Å². The normalized spacial score (nSPS) is 18.1. The number of rotatable bonds is 5. The summed E-state index contributed by atoms with van der Waals surface area (Å²) in [5, 5.41) is 8.76. The Balaban J connectivity index is 2.46. The summed E-state index contributed by atoms with van der Waals surface area (Å²) in [7, 11) is 0. The number of halogens is 3. The summed E-state index contributed by atoms with van der Waals surface area (Å²) in [5.74, 6) is 0.275. The fraction of sp³-hybridized carbons (Fsp3) is 0.917. The van der Waals surface area contributed by atoms with Gasteiger partial charge in [-0.3, -0.25) is 9.69 Å². The molecule has 0 aromatic heterocycles. The van der Waals surface area contributed by atoms with Crippen LogP contribution in [0.25, 0.3) is 0 Å². The van der Waals surface area contributed by atoms with Gasteiger partial charge in [0, 0.05) is 19.6 Å². The Morgan fingerprint density at radius 2 is 1.95 bits per heavy atom. The van der Waals surface area contributed by atoms with E-state index in [-0.39, 0.29) is 25.6 Å². The van der Waals surface area contributed by atoms with Gasteiger partial charge in [-0.2, -0.15) is 13.2 Å². The van der Waals surface area contributed by atoms with Crippen molar-refractivity contribution < 1.29 is 23.1 Å². The lowest BCUT2D eigenvalue weighted by Gasteiger charge is -2.32. The molecule has 4 nitrogen and oxygen atoms in total. The zero-order valence-electron chi connectivity index (χ0n) is 11.1. The van der Waals surface area contributed by atoms with Gasteiger partial charge in [-0.05, 0) is 18.8 Å². The predicted octanol–water partition coefficient (Wildman–Crippen LogP) is 1.10. The van der Waals surface area contributed by atoms with Gasteiger partial charge < -0.3 is 10.0 Å². The average Bonchev–Trinajstić information content (AvgIpc) is 2.27. The second kappa shape index (κ2) is 7.09. The molecular weight excluding hydrogens is 261 g/mol. The fourth-order valence-corrected chi connectivity index (χ4v) is 2.16. The minimum atomic E-state index is -4.36. The molecule has 1 saturated heterocycles. The van der Waals surface area contributed by atoms with Gasteiger partial charge in [-0.15, -0.1) is 0 Å². The van der Waals surface area contributed by atoms with Crippen LogP contribution in [0.5, 0.6) is 0 Å². The molecule has 1 fully saturated rings. The van der Waals surface area contributed by atoms with E-state index >= 15 is 0 Å². The molecule has 0 radical (unpaired) electrons. The van der Waals surface area contributed by atoms with E-state index in [1.807, 2.05) is 0 Å². The fourth-order valence-electron chi connectivity index (χ4n) is 2.16. The van der Waals surface area contributed by atoms with E-state index < -0.39 is 12.7 Å². The third-order valence-electron chi connectivity index (χ3n) is 3.31. The van der Waals surface area contributed by atoms with Gasteiger partial charge in [-0.25, -0.2) is 0 Å². The van der Waals surface area contributed by atoms with E-state index in [2.05, 4.69) is 6.92 Å². The maximum absolute atomic E-state index is 12.3. The molecule has 0 spiro atoms. The van der Waals surface area contributed by atoms with E-state index in [0.717, 1.165) is 17.7 Å². The Labute approximate surface area is 111 Å². The lowest BCUT2D eigenvalue weighted by Crippen LogP contribution is -2.46. The van der Waals surface area contributed by atoms with Crippen LogP contribution in [0.1, 0.15) is 19.8 Å². The van der Waals surface area contributed by atoms with E-state index in [0.29, 0.717) is 19.0 Å². The van der Waals surface area contributed by atoms with Crippen molar-refractivity contribution in [1.82, 2.24) is 9.80 Å². The van der Waals surface area contributed by atoms with Gasteiger partial charge in [0.1, 0.15) is 0 Å². The molecule has 0 aromatic rings. The minimum Gasteiger partial charge on any atom is -0.395 e. The number of likely N-dealkylation sites (tertiary alicyclic amines) is 1. The average molecular weight is 282 g/mol. The number of hydrogen-bond acceptors (Lipinski definition) is 3. The molecule has 0 atom stereocenters. The van der Waals surface area contributed by atoms with Crippen molar-refractivity contribution in [2.75, 3.05) is 39.3 Å². The van der Waals surface area contributed by atoms with Crippen LogP contribution in [0.3, 0.4) is 0 Å². The van der Waals surface area contributed by atoms with Crippen LogP contribution in [-0.2, 0) is 4.79 Å². The summed E-state index contributed by atoms with van der Waals surface area (Å²) in [5.41, 5.74) is 0. The molecule has 0 aromatic carbocycles.